The minimum absolute atomic E-state index is 0.285. The van der Waals surface area contributed by atoms with Gasteiger partial charge in [0.1, 0.15) is 22.2 Å². The van der Waals surface area contributed by atoms with Crippen LogP contribution in [0.25, 0.3) is 22.4 Å². The number of esters is 1. The van der Waals surface area contributed by atoms with E-state index in [4.69, 9.17) is 4.74 Å². The van der Waals surface area contributed by atoms with Crippen molar-refractivity contribution in [2.75, 3.05) is 6.61 Å². The van der Waals surface area contributed by atoms with Gasteiger partial charge in [0.25, 0.3) is 0 Å². The van der Waals surface area contributed by atoms with Crippen LogP contribution in [0.2, 0.25) is 0 Å². The number of halogens is 1. The Bertz CT molecular complexity index is 1050. The molecule has 1 heterocycles. The molecule has 6 heteroatoms. The Morgan fingerprint density at radius 1 is 1.17 bits per heavy atom. The van der Waals surface area contributed by atoms with E-state index >= 15 is 0 Å². The second-order valence-electron chi connectivity index (χ2n) is 6.23. The molecule has 0 saturated heterocycles. The number of benzene rings is 2. The summed E-state index contributed by atoms with van der Waals surface area (Å²) in [6.45, 7) is 3.75. The van der Waals surface area contributed by atoms with Crippen molar-refractivity contribution in [1.29, 1.82) is 5.26 Å². The number of nitriles is 1. The minimum atomic E-state index is -0.526. The fourth-order valence-electron chi connectivity index (χ4n) is 2.80. The maximum atomic E-state index is 13.4. The van der Waals surface area contributed by atoms with Crippen molar-refractivity contribution in [2.24, 2.45) is 0 Å². The van der Waals surface area contributed by atoms with Crippen molar-refractivity contribution < 1.29 is 13.9 Å². The van der Waals surface area contributed by atoms with E-state index in [2.05, 4.69) is 11.1 Å². The van der Waals surface area contributed by atoms with Gasteiger partial charge in [-0.05, 0) is 37.6 Å². The molecule has 0 unspecified atom stereocenters. The van der Waals surface area contributed by atoms with Crippen LogP contribution >= 0.6 is 11.8 Å². The summed E-state index contributed by atoms with van der Waals surface area (Å²) in [5, 5.41) is 9.75. The van der Waals surface area contributed by atoms with Gasteiger partial charge < -0.3 is 4.74 Å². The van der Waals surface area contributed by atoms with E-state index in [1.807, 2.05) is 36.4 Å². The van der Waals surface area contributed by atoms with Crippen molar-refractivity contribution >= 4 is 17.7 Å². The van der Waals surface area contributed by atoms with E-state index in [0.29, 0.717) is 27.4 Å². The molecule has 0 aliphatic heterocycles. The van der Waals surface area contributed by atoms with Gasteiger partial charge in [-0.3, -0.25) is 4.79 Å². The van der Waals surface area contributed by atoms with E-state index < -0.39 is 5.25 Å². The third-order valence-electron chi connectivity index (χ3n) is 4.23. The van der Waals surface area contributed by atoms with Gasteiger partial charge >= 0.3 is 5.97 Å². The molecule has 2 aromatic carbocycles. The predicted molar refractivity (Wildman–Crippen MR) is 112 cm³/mol. The highest BCUT2D eigenvalue weighted by molar-refractivity contribution is 8.00. The van der Waals surface area contributed by atoms with E-state index in [1.165, 1.54) is 23.9 Å². The van der Waals surface area contributed by atoms with Crippen LogP contribution in [0.3, 0.4) is 0 Å². The lowest BCUT2D eigenvalue weighted by molar-refractivity contribution is -0.142. The third-order valence-corrected chi connectivity index (χ3v) is 5.29. The molecular weight excluding hydrogens is 387 g/mol. The summed E-state index contributed by atoms with van der Waals surface area (Å²) >= 11 is 1.18. The topological polar surface area (TPSA) is 63.0 Å². The predicted octanol–water partition coefficient (Wildman–Crippen LogP) is 5.47. The van der Waals surface area contributed by atoms with E-state index in [1.54, 1.807) is 26.0 Å². The zero-order chi connectivity index (χ0) is 20.8. The molecule has 1 aromatic heterocycles. The molecule has 0 aliphatic rings. The van der Waals surface area contributed by atoms with Crippen LogP contribution in [0.5, 0.6) is 0 Å². The number of aromatic nitrogens is 1. The highest BCUT2D eigenvalue weighted by Crippen LogP contribution is 2.35. The van der Waals surface area contributed by atoms with Crippen LogP contribution < -0.4 is 0 Å². The molecular formula is C23H19FN2O2S. The highest BCUT2D eigenvalue weighted by Gasteiger charge is 2.22. The number of thioether (sulfide) groups is 1. The first-order valence-electron chi connectivity index (χ1n) is 9.13. The molecule has 0 saturated carbocycles. The SMILES string of the molecule is CCOC(=O)[C@H](C)Sc1nc(-c2ccccc2)cc(-c2ccc(F)cc2)c1C#N. The summed E-state index contributed by atoms with van der Waals surface area (Å²) in [5.41, 5.74) is 3.24. The second-order valence-corrected chi connectivity index (χ2v) is 7.56. The van der Waals surface area contributed by atoms with Crippen molar-refractivity contribution in [3.05, 3.63) is 72.0 Å². The lowest BCUT2D eigenvalue weighted by atomic mass is 9.99. The smallest absolute Gasteiger partial charge is 0.319 e. The average Bonchev–Trinajstić information content (AvgIpc) is 2.74. The summed E-state index contributed by atoms with van der Waals surface area (Å²) in [6.07, 6.45) is 0. The molecule has 146 valence electrons. The molecule has 29 heavy (non-hydrogen) atoms. The van der Waals surface area contributed by atoms with E-state index in [9.17, 15) is 14.4 Å². The van der Waals surface area contributed by atoms with Crippen LogP contribution in [-0.2, 0) is 9.53 Å². The summed E-state index contributed by atoms with van der Waals surface area (Å²) < 4.78 is 18.5. The molecule has 3 rings (SSSR count). The highest BCUT2D eigenvalue weighted by atomic mass is 32.2. The fraction of sp³-hybridized carbons (Fsp3) is 0.174. The molecule has 0 bridgehead atoms. The maximum absolute atomic E-state index is 13.4. The van der Waals surface area contributed by atoms with Crippen LogP contribution in [-0.4, -0.2) is 22.8 Å². The number of hydrogen-bond donors (Lipinski definition) is 0. The number of pyridine rings is 1. The lowest BCUT2D eigenvalue weighted by Crippen LogP contribution is -2.17. The Morgan fingerprint density at radius 3 is 2.48 bits per heavy atom. The fourth-order valence-corrected chi connectivity index (χ4v) is 3.73. The molecule has 0 aliphatic carbocycles. The van der Waals surface area contributed by atoms with Gasteiger partial charge in [0.05, 0.1) is 17.9 Å². The molecule has 3 aromatic rings. The van der Waals surface area contributed by atoms with Crippen molar-refractivity contribution in [2.45, 2.75) is 24.1 Å². The monoisotopic (exact) mass is 406 g/mol. The Morgan fingerprint density at radius 2 is 1.86 bits per heavy atom. The molecule has 0 N–H and O–H groups in total. The summed E-state index contributed by atoms with van der Waals surface area (Å²) in [7, 11) is 0. The number of carbonyl (C=O) groups is 1. The summed E-state index contributed by atoms with van der Waals surface area (Å²) in [6, 6.07) is 19.6. The number of ether oxygens (including phenoxy) is 1. The largest absolute Gasteiger partial charge is 0.465 e. The number of nitrogens with zero attached hydrogens (tertiary/aromatic N) is 2. The van der Waals surface area contributed by atoms with E-state index in [-0.39, 0.29) is 18.4 Å². The van der Waals surface area contributed by atoms with Crippen molar-refractivity contribution in [3.8, 4) is 28.5 Å². The van der Waals surface area contributed by atoms with Crippen LogP contribution in [0.4, 0.5) is 4.39 Å². The molecule has 0 amide bonds. The van der Waals surface area contributed by atoms with E-state index in [0.717, 1.165) is 5.56 Å². The summed E-state index contributed by atoms with van der Waals surface area (Å²) in [5.74, 6) is -0.716. The number of hydrogen-bond acceptors (Lipinski definition) is 5. The number of rotatable bonds is 6. The van der Waals surface area contributed by atoms with Crippen LogP contribution in [0.15, 0.2) is 65.7 Å². The first-order valence-corrected chi connectivity index (χ1v) is 10.0. The zero-order valence-corrected chi connectivity index (χ0v) is 16.9. The third kappa shape index (κ3) is 4.82. The maximum Gasteiger partial charge on any atom is 0.319 e. The van der Waals surface area contributed by atoms with Crippen molar-refractivity contribution in [1.82, 2.24) is 4.98 Å². The quantitative estimate of drug-likeness (QED) is 0.401. The molecule has 0 radical (unpaired) electrons. The Kier molecular flexibility index (Phi) is 6.63. The van der Waals surface area contributed by atoms with Gasteiger partial charge in [0, 0.05) is 11.1 Å². The Hall–Kier alpha value is -3.17. The van der Waals surface area contributed by atoms with Crippen LogP contribution in [0, 0.1) is 17.1 Å². The van der Waals surface area contributed by atoms with Gasteiger partial charge in [-0.2, -0.15) is 5.26 Å². The standard InChI is InChI=1S/C23H19FN2O2S/c1-3-28-23(27)15(2)29-22-20(14-25)19(16-9-11-18(24)12-10-16)13-21(26-22)17-7-5-4-6-8-17/h4-13,15H,3H2,1-2H3/t15-/m0/s1. The van der Waals surface area contributed by atoms with Gasteiger partial charge in [-0.1, -0.05) is 54.2 Å². The van der Waals surface area contributed by atoms with Crippen molar-refractivity contribution in [3.63, 3.8) is 0 Å². The summed E-state index contributed by atoms with van der Waals surface area (Å²) in [4.78, 5) is 16.8. The zero-order valence-electron chi connectivity index (χ0n) is 16.1. The molecule has 0 fully saturated rings. The van der Waals surface area contributed by atoms with Gasteiger partial charge in [0.15, 0.2) is 0 Å². The lowest BCUT2D eigenvalue weighted by Gasteiger charge is -2.15. The van der Waals surface area contributed by atoms with Gasteiger partial charge in [0.2, 0.25) is 0 Å². The molecule has 4 nitrogen and oxygen atoms in total. The first-order chi connectivity index (χ1) is 14.0. The van der Waals surface area contributed by atoms with Gasteiger partial charge in [-0.25, -0.2) is 9.37 Å². The minimum Gasteiger partial charge on any atom is -0.465 e. The van der Waals surface area contributed by atoms with Crippen LogP contribution in [0.1, 0.15) is 19.4 Å². The Labute approximate surface area is 173 Å². The average molecular weight is 406 g/mol. The first kappa shape index (κ1) is 20.6. The molecule has 1 atom stereocenters. The van der Waals surface area contributed by atoms with Gasteiger partial charge in [-0.15, -0.1) is 0 Å². The number of carbonyl (C=O) groups excluding carboxylic acids is 1. The second kappa shape index (κ2) is 9.35. The molecule has 0 spiro atoms. The Balaban J connectivity index is 2.15. The normalized spacial score (nSPS) is 11.5.